The van der Waals surface area contributed by atoms with Crippen LogP contribution in [0.15, 0.2) is 54.3 Å². The van der Waals surface area contributed by atoms with Gasteiger partial charge in [-0.2, -0.15) is 5.10 Å². The van der Waals surface area contributed by atoms with Crippen molar-refractivity contribution < 1.29 is 9.53 Å². The fourth-order valence-corrected chi connectivity index (χ4v) is 4.33. The molecule has 0 aliphatic carbocycles. The molecule has 6 N–H and O–H groups in total. The third kappa shape index (κ3) is 5.27. The molecule has 11 nitrogen and oxygen atoms in total. The Morgan fingerprint density at radius 2 is 2.19 bits per heavy atom. The molecule has 0 bridgehead atoms. The number of anilines is 2. The van der Waals surface area contributed by atoms with Crippen LogP contribution in [0.5, 0.6) is 0 Å². The summed E-state index contributed by atoms with van der Waals surface area (Å²) in [6.45, 7) is 7.28. The summed E-state index contributed by atoms with van der Waals surface area (Å²) in [7, 11) is 0. The molecule has 5 heterocycles. The van der Waals surface area contributed by atoms with E-state index in [1.165, 1.54) is 12.8 Å². The minimum Gasteiger partial charge on any atom is -0.393 e. The van der Waals surface area contributed by atoms with Gasteiger partial charge in [0.25, 0.3) is 5.91 Å². The number of hydrogen-bond acceptors (Lipinski definition) is 9. The van der Waals surface area contributed by atoms with Gasteiger partial charge in [0.05, 0.1) is 60.6 Å². The second kappa shape index (κ2) is 10.5. The second-order valence-electron chi connectivity index (χ2n) is 9.35. The normalized spacial score (nSPS) is 21.5. The van der Waals surface area contributed by atoms with Crippen LogP contribution in [-0.2, 0) is 9.53 Å². The quantitative estimate of drug-likeness (QED) is 0.277. The summed E-state index contributed by atoms with van der Waals surface area (Å²) in [4.78, 5) is 19.7. The van der Waals surface area contributed by atoms with Crippen molar-refractivity contribution in [1.29, 1.82) is 0 Å². The van der Waals surface area contributed by atoms with E-state index in [1.807, 2.05) is 36.0 Å². The van der Waals surface area contributed by atoms with Crippen molar-refractivity contribution >= 4 is 22.9 Å². The number of nitrogens with zero attached hydrogens (tertiary/aromatic N) is 4. The SMILES string of the molecule is Cc1ncc(NNCN2CCCC2C)cc1NC(=O)/C(N)=C1\C=CC(c2ccn(C3COC3)n2)=CN1. The number of nitrogens with one attached hydrogen (secondary N) is 4. The predicted octanol–water partition coefficient (Wildman–Crippen LogP) is 1.83. The van der Waals surface area contributed by atoms with Crippen LogP contribution in [0.4, 0.5) is 11.4 Å². The monoisotopic (exact) mass is 491 g/mol. The topological polar surface area (TPSA) is 134 Å². The molecule has 2 aromatic rings. The Morgan fingerprint density at radius 3 is 2.89 bits per heavy atom. The van der Waals surface area contributed by atoms with Crippen LogP contribution < -0.4 is 27.2 Å². The van der Waals surface area contributed by atoms with E-state index in [0.29, 0.717) is 42.4 Å². The van der Waals surface area contributed by atoms with Gasteiger partial charge in [0.15, 0.2) is 0 Å². The van der Waals surface area contributed by atoms with Crippen molar-refractivity contribution in [3.63, 3.8) is 0 Å². The molecular formula is C25H33N9O2. The number of hydrogen-bond donors (Lipinski definition) is 5. The van der Waals surface area contributed by atoms with E-state index in [0.717, 1.165) is 30.2 Å². The molecule has 0 spiro atoms. The Kier molecular flexibility index (Phi) is 7.03. The van der Waals surface area contributed by atoms with Crippen LogP contribution in [0.3, 0.4) is 0 Å². The van der Waals surface area contributed by atoms with Crippen LogP contribution in [0, 0.1) is 6.92 Å². The zero-order valence-electron chi connectivity index (χ0n) is 20.6. The number of aromatic nitrogens is 3. The van der Waals surface area contributed by atoms with Gasteiger partial charge in [0, 0.05) is 24.0 Å². The lowest BCUT2D eigenvalue weighted by Crippen LogP contribution is -2.38. The van der Waals surface area contributed by atoms with Gasteiger partial charge in [0.2, 0.25) is 0 Å². The fourth-order valence-electron chi connectivity index (χ4n) is 4.33. The van der Waals surface area contributed by atoms with Crippen molar-refractivity contribution in [1.82, 2.24) is 30.4 Å². The maximum atomic E-state index is 12.9. The number of hydrazine groups is 1. The van der Waals surface area contributed by atoms with E-state index < -0.39 is 5.91 Å². The molecule has 2 saturated heterocycles. The van der Waals surface area contributed by atoms with Gasteiger partial charge >= 0.3 is 0 Å². The highest BCUT2D eigenvalue weighted by molar-refractivity contribution is 6.04. The molecule has 2 aromatic heterocycles. The lowest BCUT2D eigenvalue weighted by Gasteiger charge is -2.26. The van der Waals surface area contributed by atoms with Gasteiger partial charge in [-0.05, 0) is 57.5 Å². The molecule has 11 heteroatoms. The lowest BCUT2D eigenvalue weighted by atomic mass is 10.1. The number of ether oxygens (including phenoxy) is 1. The predicted molar refractivity (Wildman–Crippen MR) is 138 cm³/mol. The number of aryl methyl sites for hydroxylation is 1. The number of pyridine rings is 1. The third-order valence-corrected chi connectivity index (χ3v) is 6.79. The molecule has 3 aliphatic rings. The van der Waals surface area contributed by atoms with E-state index in [-0.39, 0.29) is 5.70 Å². The average Bonchev–Trinajstić information content (AvgIpc) is 3.49. The average molecular weight is 492 g/mol. The number of rotatable bonds is 8. The van der Waals surface area contributed by atoms with Crippen molar-refractivity contribution in [3.8, 4) is 0 Å². The largest absolute Gasteiger partial charge is 0.393 e. The van der Waals surface area contributed by atoms with Gasteiger partial charge in [-0.15, -0.1) is 0 Å². The summed E-state index contributed by atoms with van der Waals surface area (Å²) >= 11 is 0. The third-order valence-electron chi connectivity index (χ3n) is 6.79. The van der Waals surface area contributed by atoms with Crippen LogP contribution in [-0.4, -0.2) is 58.0 Å². The Labute approximate surface area is 210 Å². The first-order chi connectivity index (χ1) is 17.5. The second-order valence-corrected chi connectivity index (χ2v) is 9.35. The lowest BCUT2D eigenvalue weighted by molar-refractivity contribution is -0.113. The first kappa shape index (κ1) is 24.0. The summed E-state index contributed by atoms with van der Waals surface area (Å²) in [6, 6.07) is 4.67. The van der Waals surface area contributed by atoms with Crippen LogP contribution >= 0.6 is 0 Å². The Bertz CT molecular complexity index is 1210. The first-order valence-electron chi connectivity index (χ1n) is 12.3. The van der Waals surface area contributed by atoms with Crippen molar-refractivity contribution in [2.24, 2.45) is 5.73 Å². The van der Waals surface area contributed by atoms with E-state index >= 15 is 0 Å². The van der Waals surface area contributed by atoms with Gasteiger partial charge in [-0.25, -0.2) is 5.43 Å². The van der Waals surface area contributed by atoms with Crippen LogP contribution in [0.1, 0.15) is 37.2 Å². The van der Waals surface area contributed by atoms with E-state index in [2.05, 4.69) is 43.4 Å². The summed E-state index contributed by atoms with van der Waals surface area (Å²) in [5.74, 6) is -0.408. The number of likely N-dealkylation sites (tertiary alicyclic amines) is 1. The smallest absolute Gasteiger partial charge is 0.273 e. The van der Waals surface area contributed by atoms with Crippen LogP contribution in [0.2, 0.25) is 0 Å². The Morgan fingerprint density at radius 1 is 1.33 bits per heavy atom. The van der Waals surface area contributed by atoms with Gasteiger partial charge in [-0.3, -0.25) is 19.4 Å². The molecule has 190 valence electrons. The van der Waals surface area contributed by atoms with Crippen molar-refractivity contribution in [2.75, 3.05) is 37.2 Å². The zero-order valence-corrected chi connectivity index (χ0v) is 20.6. The van der Waals surface area contributed by atoms with Gasteiger partial charge in [-0.1, -0.05) is 0 Å². The van der Waals surface area contributed by atoms with Crippen molar-refractivity contribution in [2.45, 2.75) is 38.8 Å². The summed E-state index contributed by atoms with van der Waals surface area (Å²) in [6.07, 6.45) is 11.6. The van der Waals surface area contributed by atoms with Crippen LogP contribution in [0.25, 0.3) is 5.57 Å². The molecule has 1 unspecified atom stereocenters. The molecule has 1 atom stereocenters. The standard InChI is InChI=1S/C25H33N9O2/c1-16-4-3-8-33(16)15-29-31-19-10-23(17(2)27-12-19)30-25(35)24(26)22-6-5-18(11-28-22)21-7-9-34(32-21)20-13-36-14-20/h5-7,9-12,16,20,28-29,31H,3-4,8,13-15,26H2,1-2H3,(H,30,35)/b24-22-. The minimum atomic E-state index is -0.408. The molecule has 0 saturated carbocycles. The summed E-state index contributed by atoms with van der Waals surface area (Å²) in [5, 5.41) is 10.6. The number of allylic oxidation sites excluding steroid dienone is 3. The maximum absolute atomic E-state index is 12.9. The molecule has 3 aliphatic heterocycles. The molecule has 36 heavy (non-hydrogen) atoms. The molecule has 0 radical (unpaired) electrons. The zero-order chi connectivity index (χ0) is 25.1. The Balaban J connectivity index is 1.18. The highest BCUT2D eigenvalue weighted by atomic mass is 16.5. The molecule has 0 aromatic carbocycles. The fraction of sp³-hybridized carbons (Fsp3) is 0.400. The number of carbonyl (C=O) groups excluding carboxylic acids is 1. The van der Waals surface area contributed by atoms with Crippen molar-refractivity contribution in [3.05, 3.63) is 65.7 Å². The number of carbonyl (C=O) groups is 1. The molecular weight excluding hydrogens is 458 g/mol. The molecule has 5 rings (SSSR count). The maximum Gasteiger partial charge on any atom is 0.273 e. The first-order valence-corrected chi connectivity index (χ1v) is 12.3. The van der Waals surface area contributed by atoms with E-state index in [1.54, 1.807) is 18.5 Å². The van der Waals surface area contributed by atoms with Gasteiger partial charge in [0.1, 0.15) is 5.70 Å². The highest BCUT2D eigenvalue weighted by Gasteiger charge is 2.22. The number of amides is 1. The molecule has 1 amide bonds. The van der Waals surface area contributed by atoms with E-state index in [4.69, 9.17) is 10.5 Å². The Hall–Kier alpha value is -3.67. The number of nitrogens with two attached hydrogens (primary N) is 1. The highest BCUT2D eigenvalue weighted by Crippen LogP contribution is 2.23. The summed E-state index contributed by atoms with van der Waals surface area (Å²) in [5.41, 5.74) is 17.0. The molecule has 2 fully saturated rings. The van der Waals surface area contributed by atoms with E-state index in [9.17, 15) is 4.79 Å². The summed E-state index contributed by atoms with van der Waals surface area (Å²) < 4.78 is 7.15. The minimum absolute atomic E-state index is 0.0811. The van der Waals surface area contributed by atoms with Gasteiger partial charge < -0.3 is 26.5 Å². The number of dihydropyridines is 1.